The number of aromatic nitrogens is 4. The minimum absolute atomic E-state index is 0.384. The van der Waals surface area contributed by atoms with Crippen molar-refractivity contribution >= 4 is 27.3 Å². The molecule has 2 N–H and O–H groups in total. The van der Waals surface area contributed by atoms with E-state index in [-0.39, 0.29) is 0 Å². The Hall–Kier alpha value is -2.15. The van der Waals surface area contributed by atoms with Crippen LogP contribution in [0.4, 0.5) is 5.69 Å². The summed E-state index contributed by atoms with van der Waals surface area (Å²) in [7, 11) is 0. The van der Waals surface area contributed by atoms with E-state index in [1.807, 2.05) is 17.4 Å². The van der Waals surface area contributed by atoms with E-state index >= 15 is 0 Å². The molecule has 0 amide bonds. The normalized spacial score (nSPS) is 10.8. The summed E-state index contributed by atoms with van der Waals surface area (Å²) in [5.74, 6) is 1.74. The summed E-state index contributed by atoms with van der Waals surface area (Å²) >= 11 is 3.41. The Balaban J connectivity index is 2.08. The SMILES string of the molecule is Cc1nnc2c(Oc3cc(N)ccc3Br)nccn12. The average molecular weight is 320 g/mol. The van der Waals surface area contributed by atoms with E-state index in [2.05, 4.69) is 31.1 Å². The maximum atomic E-state index is 5.76. The number of ether oxygens (including phenoxy) is 1. The van der Waals surface area contributed by atoms with Crippen molar-refractivity contribution in [2.24, 2.45) is 0 Å². The lowest BCUT2D eigenvalue weighted by Crippen LogP contribution is -1.96. The molecule has 0 unspecified atom stereocenters. The molecule has 19 heavy (non-hydrogen) atoms. The molecule has 3 aromatic rings. The number of anilines is 1. The van der Waals surface area contributed by atoms with Gasteiger partial charge in [0, 0.05) is 24.1 Å². The van der Waals surface area contributed by atoms with Gasteiger partial charge in [-0.15, -0.1) is 10.2 Å². The second kappa shape index (κ2) is 4.51. The predicted molar refractivity (Wildman–Crippen MR) is 74.1 cm³/mol. The molecule has 1 aromatic carbocycles. The minimum Gasteiger partial charge on any atom is -0.435 e. The number of nitrogen functional groups attached to an aromatic ring is 1. The number of fused-ring (bicyclic) bond motifs is 1. The fourth-order valence-electron chi connectivity index (χ4n) is 1.69. The van der Waals surface area contributed by atoms with Crippen LogP contribution in [-0.4, -0.2) is 19.6 Å². The number of benzene rings is 1. The van der Waals surface area contributed by atoms with Crippen molar-refractivity contribution in [1.82, 2.24) is 19.6 Å². The molecule has 0 saturated heterocycles. The Morgan fingerprint density at radius 3 is 3.00 bits per heavy atom. The Morgan fingerprint density at radius 2 is 2.16 bits per heavy atom. The van der Waals surface area contributed by atoms with Crippen LogP contribution < -0.4 is 10.5 Å². The smallest absolute Gasteiger partial charge is 0.265 e. The highest BCUT2D eigenvalue weighted by atomic mass is 79.9. The molecule has 3 rings (SSSR count). The lowest BCUT2D eigenvalue weighted by Gasteiger charge is -2.08. The first-order valence-corrected chi connectivity index (χ1v) is 6.33. The number of halogens is 1. The number of nitrogens with zero attached hydrogens (tertiary/aromatic N) is 4. The zero-order chi connectivity index (χ0) is 13.4. The number of hydrogen-bond acceptors (Lipinski definition) is 5. The Morgan fingerprint density at radius 1 is 1.32 bits per heavy atom. The van der Waals surface area contributed by atoms with E-state index in [1.54, 1.807) is 24.5 Å². The van der Waals surface area contributed by atoms with Gasteiger partial charge in [0.2, 0.25) is 5.65 Å². The fraction of sp³-hybridized carbons (Fsp3) is 0.0833. The van der Waals surface area contributed by atoms with Gasteiger partial charge < -0.3 is 10.5 Å². The molecule has 0 atom stereocenters. The molecular formula is C12H10BrN5O. The van der Waals surface area contributed by atoms with Gasteiger partial charge in [-0.1, -0.05) is 0 Å². The molecule has 0 aliphatic rings. The molecule has 0 aliphatic heterocycles. The summed E-state index contributed by atoms with van der Waals surface area (Å²) in [6, 6.07) is 5.32. The van der Waals surface area contributed by atoms with Crippen LogP contribution >= 0.6 is 15.9 Å². The first kappa shape index (κ1) is 11.9. The van der Waals surface area contributed by atoms with Gasteiger partial charge in [-0.05, 0) is 35.0 Å². The number of aryl methyl sites for hydroxylation is 1. The first-order chi connectivity index (χ1) is 9.15. The zero-order valence-corrected chi connectivity index (χ0v) is 11.6. The summed E-state index contributed by atoms with van der Waals surface area (Å²) in [5, 5.41) is 8.04. The van der Waals surface area contributed by atoms with Gasteiger partial charge in [-0.25, -0.2) is 4.98 Å². The molecule has 6 nitrogen and oxygen atoms in total. The fourth-order valence-corrected chi connectivity index (χ4v) is 2.02. The van der Waals surface area contributed by atoms with Crippen LogP contribution in [0, 0.1) is 6.92 Å². The number of hydrogen-bond donors (Lipinski definition) is 1. The maximum Gasteiger partial charge on any atom is 0.265 e. The number of nitrogens with two attached hydrogens (primary N) is 1. The lowest BCUT2D eigenvalue weighted by molar-refractivity contribution is 0.462. The number of rotatable bonds is 2. The zero-order valence-electron chi connectivity index (χ0n) is 10.0. The summed E-state index contributed by atoms with van der Waals surface area (Å²) in [4.78, 5) is 4.18. The van der Waals surface area contributed by atoms with Crippen LogP contribution in [0.2, 0.25) is 0 Å². The van der Waals surface area contributed by atoms with E-state index in [1.165, 1.54) is 0 Å². The Kier molecular flexibility index (Phi) is 2.83. The van der Waals surface area contributed by atoms with Crippen molar-refractivity contribution in [3.63, 3.8) is 0 Å². The lowest BCUT2D eigenvalue weighted by atomic mass is 10.3. The van der Waals surface area contributed by atoms with E-state index in [0.717, 1.165) is 10.3 Å². The van der Waals surface area contributed by atoms with Gasteiger partial charge >= 0.3 is 0 Å². The van der Waals surface area contributed by atoms with Crippen LogP contribution in [-0.2, 0) is 0 Å². The third-order valence-corrected chi connectivity index (χ3v) is 3.28. The monoisotopic (exact) mass is 319 g/mol. The molecule has 7 heteroatoms. The van der Waals surface area contributed by atoms with Crippen LogP contribution in [0.5, 0.6) is 11.6 Å². The summed E-state index contributed by atoms with van der Waals surface area (Å²) < 4.78 is 8.36. The highest BCUT2D eigenvalue weighted by Gasteiger charge is 2.11. The molecule has 0 saturated carbocycles. The van der Waals surface area contributed by atoms with E-state index < -0.39 is 0 Å². The van der Waals surface area contributed by atoms with Crippen molar-refractivity contribution in [2.45, 2.75) is 6.92 Å². The molecule has 0 aliphatic carbocycles. The highest BCUT2D eigenvalue weighted by Crippen LogP contribution is 2.31. The standard InChI is InChI=1S/C12H10BrN5O/c1-7-16-17-11-12(15-4-5-18(7)11)19-10-6-8(14)2-3-9(10)13/h2-6H,14H2,1H3. The van der Waals surface area contributed by atoms with Crippen molar-refractivity contribution in [3.8, 4) is 11.6 Å². The van der Waals surface area contributed by atoms with Crippen molar-refractivity contribution in [3.05, 3.63) is 40.9 Å². The van der Waals surface area contributed by atoms with Crippen LogP contribution in [0.15, 0.2) is 35.1 Å². The van der Waals surface area contributed by atoms with Gasteiger partial charge in [-0.3, -0.25) is 4.40 Å². The van der Waals surface area contributed by atoms with Gasteiger partial charge in [0.25, 0.3) is 5.88 Å². The molecule has 0 spiro atoms. The summed E-state index contributed by atoms with van der Waals surface area (Å²) in [6.07, 6.45) is 3.42. The molecule has 96 valence electrons. The highest BCUT2D eigenvalue weighted by molar-refractivity contribution is 9.10. The van der Waals surface area contributed by atoms with Crippen molar-refractivity contribution in [2.75, 3.05) is 5.73 Å². The Labute approximate surface area is 117 Å². The van der Waals surface area contributed by atoms with Crippen LogP contribution in [0.3, 0.4) is 0 Å². The van der Waals surface area contributed by atoms with E-state index in [0.29, 0.717) is 23.0 Å². The molecule has 2 heterocycles. The van der Waals surface area contributed by atoms with Gasteiger partial charge in [0.1, 0.15) is 11.6 Å². The minimum atomic E-state index is 0.384. The first-order valence-electron chi connectivity index (χ1n) is 5.54. The Bertz CT molecular complexity index is 755. The third kappa shape index (κ3) is 2.12. The second-order valence-electron chi connectivity index (χ2n) is 3.97. The molecular weight excluding hydrogens is 310 g/mol. The van der Waals surface area contributed by atoms with Crippen LogP contribution in [0.25, 0.3) is 5.65 Å². The average Bonchev–Trinajstić information content (AvgIpc) is 2.77. The largest absolute Gasteiger partial charge is 0.435 e. The molecule has 0 fully saturated rings. The topological polar surface area (TPSA) is 78.3 Å². The molecule has 0 radical (unpaired) electrons. The third-order valence-electron chi connectivity index (χ3n) is 2.63. The molecule has 0 bridgehead atoms. The molecule has 2 aromatic heterocycles. The van der Waals surface area contributed by atoms with Crippen molar-refractivity contribution < 1.29 is 4.74 Å². The predicted octanol–water partition coefficient (Wildman–Crippen LogP) is 2.57. The maximum absolute atomic E-state index is 5.76. The van der Waals surface area contributed by atoms with Crippen LogP contribution in [0.1, 0.15) is 5.82 Å². The quantitative estimate of drug-likeness (QED) is 0.734. The van der Waals surface area contributed by atoms with Gasteiger partial charge in [0.05, 0.1) is 4.47 Å². The van der Waals surface area contributed by atoms with E-state index in [4.69, 9.17) is 10.5 Å². The summed E-state index contributed by atoms with van der Waals surface area (Å²) in [6.45, 7) is 1.86. The van der Waals surface area contributed by atoms with Gasteiger partial charge in [0.15, 0.2) is 0 Å². The second-order valence-corrected chi connectivity index (χ2v) is 4.82. The van der Waals surface area contributed by atoms with Gasteiger partial charge in [-0.2, -0.15) is 0 Å². The van der Waals surface area contributed by atoms with E-state index in [9.17, 15) is 0 Å². The van der Waals surface area contributed by atoms with Crippen molar-refractivity contribution in [1.29, 1.82) is 0 Å². The summed E-state index contributed by atoms with van der Waals surface area (Å²) in [5.41, 5.74) is 6.92.